The van der Waals surface area contributed by atoms with Gasteiger partial charge in [0.05, 0.1) is 11.4 Å². The second-order valence-corrected chi connectivity index (χ2v) is 4.70. The van der Waals surface area contributed by atoms with Gasteiger partial charge in [-0.25, -0.2) is 4.79 Å². The zero-order valence-corrected chi connectivity index (χ0v) is 12.7. The van der Waals surface area contributed by atoms with Crippen LogP contribution in [0.5, 0.6) is 0 Å². The highest BCUT2D eigenvalue weighted by Gasteiger charge is 2.23. The van der Waals surface area contributed by atoms with E-state index in [0.717, 1.165) is 5.69 Å². The number of rotatable bonds is 5. The molecule has 0 saturated carbocycles. The molecule has 1 amide bonds. The van der Waals surface area contributed by atoms with Gasteiger partial charge in [0.2, 0.25) is 0 Å². The fourth-order valence-corrected chi connectivity index (χ4v) is 1.83. The summed E-state index contributed by atoms with van der Waals surface area (Å²) in [6, 6.07) is 9.23. The predicted molar refractivity (Wildman–Crippen MR) is 79.7 cm³/mol. The third-order valence-corrected chi connectivity index (χ3v) is 2.97. The molecule has 0 aliphatic rings. The van der Waals surface area contributed by atoms with E-state index in [1.807, 2.05) is 30.3 Å². The van der Waals surface area contributed by atoms with Crippen LogP contribution >= 0.6 is 0 Å². The summed E-state index contributed by atoms with van der Waals surface area (Å²) >= 11 is 0. The Balaban J connectivity index is 2.14. The Morgan fingerprint density at radius 3 is 2.59 bits per heavy atom. The van der Waals surface area contributed by atoms with Gasteiger partial charge < -0.3 is 10.1 Å². The Hall–Kier alpha value is -2.70. The summed E-state index contributed by atoms with van der Waals surface area (Å²) in [5.74, 6) is -1.01. The van der Waals surface area contributed by atoms with Crippen LogP contribution in [-0.4, -0.2) is 39.5 Å². The first kappa shape index (κ1) is 15.7. The number of amides is 1. The van der Waals surface area contributed by atoms with E-state index in [2.05, 4.69) is 15.5 Å². The van der Waals surface area contributed by atoms with Crippen molar-refractivity contribution in [3.05, 3.63) is 41.7 Å². The Kier molecular flexibility index (Phi) is 4.88. The first-order valence-corrected chi connectivity index (χ1v) is 7.01. The number of nitrogens with one attached hydrogen (secondary N) is 1. The van der Waals surface area contributed by atoms with E-state index >= 15 is 0 Å². The van der Waals surface area contributed by atoms with Crippen LogP contribution in [0.1, 0.15) is 30.0 Å². The highest BCUT2D eigenvalue weighted by molar-refractivity contribution is 5.91. The summed E-state index contributed by atoms with van der Waals surface area (Å²) in [7, 11) is 0. The lowest BCUT2D eigenvalue weighted by Gasteiger charge is -2.11. The van der Waals surface area contributed by atoms with Crippen molar-refractivity contribution in [1.29, 1.82) is 0 Å². The van der Waals surface area contributed by atoms with Crippen LogP contribution in [0.25, 0.3) is 5.69 Å². The van der Waals surface area contributed by atoms with Crippen LogP contribution in [0.4, 0.5) is 0 Å². The number of nitrogens with zero attached hydrogens (tertiary/aromatic N) is 3. The van der Waals surface area contributed by atoms with Gasteiger partial charge >= 0.3 is 5.97 Å². The number of likely N-dealkylation sites (N-methyl/N-ethyl adjacent to an activating group) is 1. The Bertz CT molecular complexity index is 667. The second-order valence-electron chi connectivity index (χ2n) is 4.70. The number of carbonyl (C=O) groups excluding carboxylic acids is 2. The first-order valence-electron chi connectivity index (χ1n) is 7.01. The summed E-state index contributed by atoms with van der Waals surface area (Å²) in [6.45, 7) is 5.45. The van der Waals surface area contributed by atoms with E-state index in [1.165, 1.54) is 11.7 Å². The van der Waals surface area contributed by atoms with E-state index in [0.29, 0.717) is 12.2 Å². The molecule has 0 fully saturated rings. The molecule has 0 aliphatic heterocycles. The van der Waals surface area contributed by atoms with E-state index in [1.54, 1.807) is 13.8 Å². The van der Waals surface area contributed by atoms with E-state index in [9.17, 15) is 9.59 Å². The minimum atomic E-state index is -0.881. The molecule has 1 heterocycles. The highest BCUT2D eigenvalue weighted by atomic mass is 16.5. The van der Waals surface area contributed by atoms with E-state index in [-0.39, 0.29) is 11.6 Å². The summed E-state index contributed by atoms with van der Waals surface area (Å²) in [4.78, 5) is 25.1. The Labute approximate surface area is 128 Å². The maximum absolute atomic E-state index is 12.1. The van der Waals surface area contributed by atoms with E-state index < -0.39 is 12.1 Å². The summed E-state index contributed by atoms with van der Waals surface area (Å²) < 4.78 is 5.11. The zero-order chi connectivity index (χ0) is 16.1. The number of carbonyl (C=O) groups is 2. The van der Waals surface area contributed by atoms with Gasteiger partial charge in [0, 0.05) is 6.54 Å². The number of esters is 1. The summed E-state index contributed by atoms with van der Waals surface area (Å²) in [5, 5.41) is 10.9. The van der Waals surface area contributed by atoms with Crippen LogP contribution < -0.4 is 5.32 Å². The monoisotopic (exact) mass is 302 g/mol. The molecule has 2 rings (SSSR count). The zero-order valence-electron chi connectivity index (χ0n) is 12.7. The molecule has 1 atom stereocenters. The van der Waals surface area contributed by atoms with Crippen LogP contribution in [-0.2, 0) is 9.53 Å². The predicted octanol–water partition coefficient (Wildman–Crippen LogP) is 1.26. The van der Waals surface area contributed by atoms with Crippen LogP contribution in [0.3, 0.4) is 0 Å². The van der Waals surface area contributed by atoms with Crippen molar-refractivity contribution in [3.63, 3.8) is 0 Å². The lowest BCUT2D eigenvalue weighted by Crippen LogP contribution is -2.35. The van der Waals surface area contributed by atoms with Crippen molar-refractivity contribution < 1.29 is 14.3 Å². The van der Waals surface area contributed by atoms with E-state index in [4.69, 9.17) is 4.74 Å². The van der Waals surface area contributed by atoms with Gasteiger partial charge in [0.1, 0.15) is 0 Å². The fraction of sp³-hybridized carbons (Fsp3) is 0.333. The quantitative estimate of drug-likeness (QED) is 0.840. The van der Waals surface area contributed by atoms with Gasteiger partial charge in [0.15, 0.2) is 11.8 Å². The van der Waals surface area contributed by atoms with Gasteiger partial charge in [-0.05, 0) is 32.9 Å². The number of hydrogen-bond acceptors (Lipinski definition) is 5. The van der Waals surface area contributed by atoms with Crippen molar-refractivity contribution in [2.75, 3.05) is 6.54 Å². The van der Waals surface area contributed by atoms with Gasteiger partial charge in [-0.2, -0.15) is 9.90 Å². The number of ether oxygens (including phenoxy) is 1. The lowest BCUT2D eigenvalue weighted by molar-refractivity contribution is -0.128. The molecular formula is C15H18N4O3. The molecule has 0 unspecified atom stereocenters. The van der Waals surface area contributed by atoms with Gasteiger partial charge in [-0.3, -0.25) is 4.79 Å². The third kappa shape index (κ3) is 3.49. The molecule has 7 nitrogen and oxygen atoms in total. The molecular weight excluding hydrogens is 284 g/mol. The highest BCUT2D eigenvalue weighted by Crippen LogP contribution is 2.10. The molecule has 0 bridgehead atoms. The maximum Gasteiger partial charge on any atom is 0.361 e. The van der Waals surface area contributed by atoms with Crippen molar-refractivity contribution in [1.82, 2.24) is 20.3 Å². The van der Waals surface area contributed by atoms with Crippen LogP contribution in [0, 0.1) is 6.92 Å². The molecule has 2 aromatic rings. The topological polar surface area (TPSA) is 86.1 Å². The van der Waals surface area contributed by atoms with Gasteiger partial charge in [0.25, 0.3) is 5.91 Å². The average molecular weight is 302 g/mol. The molecule has 116 valence electrons. The van der Waals surface area contributed by atoms with Gasteiger partial charge in [-0.15, -0.1) is 5.10 Å². The minimum Gasteiger partial charge on any atom is -0.448 e. The third-order valence-electron chi connectivity index (χ3n) is 2.97. The standard InChI is InChI=1S/C15H18N4O3/c1-4-16-14(20)11(3)22-15(21)13-10(2)17-19(18-13)12-8-6-5-7-9-12/h5-9,11H,4H2,1-3H3,(H,16,20)/t11-/m1/s1. The number of para-hydroxylation sites is 1. The Morgan fingerprint density at radius 1 is 1.27 bits per heavy atom. The molecule has 1 aromatic carbocycles. The maximum atomic E-state index is 12.1. The molecule has 1 aromatic heterocycles. The van der Waals surface area contributed by atoms with Crippen LogP contribution in [0.2, 0.25) is 0 Å². The molecule has 1 N–H and O–H groups in total. The molecule has 22 heavy (non-hydrogen) atoms. The van der Waals surface area contributed by atoms with Crippen molar-refractivity contribution in [2.45, 2.75) is 26.9 Å². The average Bonchev–Trinajstić information content (AvgIpc) is 2.90. The SMILES string of the molecule is CCNC(=O)[C@@H](C)OC(=O)c1nn(-c2ccccc2)nc1C. The number of aromatic nitrogens is 3. The molecule has 0 spiro atoms. The second kappa shape index (κ2) is 6.84. The van der Waals surface area contributed by atoms with Gasteiger partial charge in [-0.1, -0.05) is 18.2 Å². The molecule has 0 aliphatic carbocycles. The fourth-order valence-electron chi connectivity index (χ4n) is 1.83. The normalized spacial score (nSPS) is 11.8. The lowest BCUT2D eigenvalue weighted by atomic mass is 10.3. The number of benzene rings is 1. The summed E-state index contributed by atoms with van der Waals surface area (Å²) in [5.41, 5.74) is 1.28. The molecule has 0 saturated heterocycles. The van der Waals surface area contributed by atoms with Crippen LogP contribution in [0.15, 0.2) is 30.3 Å². The number of aryl methyl sites for hydroxylation is 1. The largest absolute Gasteiger partial charge is 0.448 e. The van der Waals surface area contributed by atoms with Crippen molar-refractivity contribution >= 4 is 11.9 Å². The number of hydrogen-bond donors (Lipinski definition) is 1. The Morgan fingerprint density at radius 2 is 1.95 bits per heavy atom. The van der Waals surface area contributed by atoms with Crippen molar-refractivity contribution in [3.8, 4) is 5.69 Å². The smallest absolute Gasteiger partial charge is 0.361 e. The van der Waals surface area contributed by atoms with Crippen molar-refractivity contribution in [2.24, 2.45) is 0 Å². The molecule has 0 radical (unpaired) electrons. The first-order chi connectivity index (χ1) is 10.5. The minimum absolute atomic E-state index is 0.0972. The summed E-state index contributed by atoms with van der Waals surface area (Å²) in [6.07, 6.45) is -0.881. The molecule has 7 heteroatoms.